The van der Waals surface area contributed by atoms with Crippen LogP contribution in [-0.2, 0) is 10.0 Å². The fraction of sp³-hybridized carbons (Fsp3) is 0.571. The zero-order valence-corrected chi connectivity index (χ0v) is 14.7. The lowest BCUT2D eigenvalue weighted by Crippen LogP contribution is -2.46. The van der Waals surface area contributed by atoms with Crippen LogP contribution in [0.25, 0.3) is 0 Å². The van der Waals surface area contributed by atoms with Crippen molar-refractivity contribution < 1.29 is 8.42 Å². The summed E-state index contributed by atoms with van der Waals surface area (Å²) >= 11 is 4.87. The minimum atomic E-state index is -3.75. The molecule has 0 aliphatic rings. The number of hydrogen-bond donors (Lipinski definition) is 2. The van der Waals surface area contributed by atoms with Crippen molar-refractivity contribution in [3.63, 3.8) is 0 Å². The monoisotopic (exact) mass is 329 g/mol. The lowest BCUT2D eigenvalue weighted by molar-refractivity contribution is 0.269. The van der Waals surface area contributed by atoms with E-state index >= 15 is 0 Å². The summed E-state index contributed by atoms with van der Waals surface area (Å²) in [4.78, 5) is 3.94. The molecule has 0 unspecified atom stereocenters. The summed E-state index contributed by atoms with van der Waals surface area (Å²) in [5, 5.41) is 0. The summed E-state index contributed by atoms with van der Waals surface area (Å²) in [7, 11) is -3.75. The molecule has 0 atom stereocenters. The Morgan fingerprint density at radius 1 is 1.33 bits per heavy atom. The molecule has 118 valence electrons. The summed E-state index contributed by atoms with van der Waals surface area (Å²) in [5.41, 5.74) is 5.07. The molecule has 0 radical (unpaired) electrons. The Hall–Kier alpha value is -1.05. The van der Waals surface area contributed by atoms with Crippen molar-refractivity contribution in [2.45, 2.75) is 51.5 Å². The van der Waals surface area contributed by atoms with Crippen molar-refractivity contribution in [2.24, 2.45) is 11.1 Å². The van der Waals surface area contributed by atoms with Gasteiger partial charge < -0.3 is 5.73 Å². The number of rotatable bonds is 5. The van der Waals surface area contributed by atoms with Crippen LogP contribution in [0.5, 0.6) is 0 Å². The molecule has 0 spiro atoms. The molecule has 5 nitrogen and oxygen atoms in total. The number of nitrogens with two attached hydrogens (primary N) is 1. The third-order valence-electron chi connectivity index (χ3n) is 2.68. The number of sulfonamides is 1. The summed E-state index contributed by atoms with van der Waals surface area (Å²) in [6.07, 6.45) is 2.15. The van der Waals surface area contributed by atoms with E-state index in [1.165, 1.54) is 12.3 Å². The van der Waals surface area contributed by atoms with Gasteiger partial charge in [-0.15, -0.1) is 0 Å². The Labute approximate surface area is 132 Å². The number of aromatic nitrogens is 1. The molecule has 21 heavy (non-hydrogen) atoms. The quantitative estimate of drug-likeness (QED) is 0.809. The van der Waals surface area contributed by atoms with Gasteiger partial charge in [0.2, 0.25) is 10.0 Å². The fourth-order valence-electron chi connectivity index (χ4n) is 2.57. The fourth-order valence-corrected chi connectivity index (χ4v) is 4.38. The maximum atomic E-state index is 12.6. The highest BCUT2D eigenvalue weighted by atomic mass is 32.2. The first-order valence-electron chi connectivity index (χ1n) is 6.63. The lowest BCUT2D eigenvalue weighted by Gasteiger charge is -2.33. The SMILES string of the molecule is CC(C)(C)CC(C)(C)NS(=O)(=O)c1cccnc1C(N)=S. The average Bonchev–Trinajstić information content (AvgIpc) is 2.23. The molecule has 3 N–H and O–H groups in total. The third-order valence-corrected chi connectivity index (χ3v) is 4.60. The van der Waals surface area contributed by atoms with Gasteiger partial charge in [0.1, 0.15) is 15.6 Å². The topological polar surface area (TPSA) is 85.1 Å². The van der Waals surface area contributed by atoms with E-state index in [1.54, 1.807) is 6.07 Å². The minimum Gasteiger partial charge on any atom is -0.388 e. The molecule has 0 aliphatic heterocycles. The highest BCUT2D eigenvalue weighted by molar-refractivity contribution is 7.89. The van der Waals surface area contributed by atoms with Crippen LogP contribution in [0, 0.1) is 5.41 Å². The van der Waals surface area contributed by atoms with Crippen LogP contribution in [0.15, 0.2) is 23.2 Å². The molecule has 0 fully saturated rings. The van der Waals surface area contributed by atoms with Gasteiger partial charge in [-0.3, -0.25) is 4.98 Å². The molecule has 0 aliphatic carbocycles. The molecule has 0 saturated carbocycles. The van der Waals surface area contributed by atoms with E-state index in [9.17, 15) is 8.42 Å². The first kappa shape index (κ1) is 18.0. The van der Waals surface area contributed by atoms with E-state index in [0.717, 1.165) is 0 Å². The van der Waals surface area contributed by atoms with Gasteiger partial charge in [0, 0.05) is 11.7 Å². The smallest absolute Gasteiger partial charge is 0.243 e. The van der Waals surface area contributed by atoms with Gasteiger partial charge in [0.25, 0.3) is 0 Å². The normalized spacial score (nSPS) is 13.2. The number of pyridine rings is 1. The number of hydrogen-bond acceptors (Lipinski definition) is 4. The van der Waals surface area contributed by atoms with Gasteiger partial charge in [-0.25, -0.2) is 13.1 Å². The molecular formula is C14H23N3O2S2. The van der Waals surface area contributed by atoms with Gasteiger partial charge in [0.05, 0.1) is 0 Å². The minimum absolute atomic E-state index is 0.00699. The van der Waals surface area contributed by atoms with Gasteiger partial charge in [-0.1, -0.05) is 33.0 Å². The Bertz CT molecular complexity index is 632. The summed E-state index contributed by atoms with van der Waals surface area (Å²) in [5.74, 6) is 0. The van der Waals surface area contributed by atoms with Crippen LogP contribution in [-0.4, -0.2) is 23.9 Å². The largest absolute Gasteiger partial charge is 0.388 e. The molecular weight excluding hydrogens is 306 g/mol. The van der Waals surface area contributed by atoms with E-state index < -0.39 is 15.6 Å². The second-order valence-electron chi connectivity index (χ2n) is 6.94. The molecule has 1 aromatic heterocycles. The molecule has 0 saturated heterocycles. The summed E-state index contributed by atoms with van der Waals surface area (Å²) < 4.78 is 27.9. The second-order valence-corrected chi connectivity index (χ2v) is 9.03. The van der Waals surface area contributed by atoms with E-state index in [-0.39, 0.29) is 21.0 Å². The van der Waals surface area contributed by atoms with Crippen molar-refractivity contribution >= 4 is 27.2 Å². The first-order valence-corrected chi connectivity index (χ1v) is 8.52. The Morgan fingerprint density at radius 2 is 1.90 bits per heavy atom. The van der Waals surface area contributed by atoms with Crippen LogP contribution in [0.4, 0.5) is 0 Å². The van der Waals surface area contributed by atoms with Crippen molar-refractivity contribution in [1.82, 2.24) is 9.71 Å². The highest BCUT2D eigenvalue weighted by Crippen LogP contribution is 2.28. The Balaban J connectivity index is 3.16. The van der Waals surface area contributed by atoms with Crippen LogP contribution in [0.3, 0.4) is 0 Å². The molecule has 1 rings (SSSR count). The maximum absolute atomic E-state index is 12.6. The van der Waals surface area contributed by atoms with Crippen molar-refractivity contribution in [1.29, 1.82) is 0 Å². The van der Waals surface area contributed by atoms with Gasteiger partial charge >= 0.3 is 0 Å². The van der Waals surface area contributed by atoms with Crippen molar-refractivity contribution in [2.75, 3.05) is 0 Å². The van der Waals surface area contributed by atoms with Crippen LogP contribution < -0.4 is 10.5 Å². The zero-order chi connectivity index (χ0) is 16.5. The molecule has 7 heteroatoms. The standard InChI is InChI=1S/C14H23N3O2S2/c1-13(2,3)9-14(4,5)17-21(18,19)10-7-6-8-16-11(10)12(15)20/h6-8,17H,9H2,1-5H3,(H2,15,20). The average molecular weight is 329 g/mol. The van der Waals surface area contributed by atoms with Gasteiger partial charge in [0.15, 0.2) is 0 Å². The van der Waals surface area contributed by atoms with Crippen LogP contribution in [0.2, 0.25) is 0 Å². The lowest BCUT2D eigenvalue weighted by atomic mass is 9.82. The van der Waals surface area contributed by atoms with E-state index in [4.69, 9.17) is 18.0 Å². The molecule has 0 bridgehead atoms. The number of thiocarbonyl (C=S) groups is 1. The van der Waals surface area contributed by atoms with Gasteiger partial charge in [-0.05, 0) is 37.8 Å². The van der Waals surface area contributed by atoms with Crippen molar-refractivity contribution in [3.8, 4) is 0 Å². The van der Waals surface area contributed by atoms with Crippen molar-refractivity contribution in [3.05, 3.63) is 24.0 Å². The zero-order valence-electron chi connectivity index (χ0n) is 13.1. The van der Waals surface area contributed by atoms with Crippen LogP contribution >= 0.6 is 12.2 Å². The van der Waals surface area contributed by atoms with E-state index in [1.807, 2.05) is 13.8 Å². The second kappa shape index (κ2) is 5.98. The van der Waals surface area contributed by atoms with Gasteiger partial charge in [-0.2, -0.15) is 0 Å². The predicted octanol–water partition coefficient (Wildman–Crippen LogP) is 2.21. The highest BCUT2D eigenvalue weighted by Gasteiger charge is 2.32. The number of nitrogens with zero attached hydrogens (tertiary/aromatic N) is 1. The molecule has 1 heterocycles. The molecule has 0 aromatic carbocycles. The maximum Gasteiger partial charge on any atom is 0.243 e. The number of nitrogens with one attached hydrogen (secondary N) is 1. The van der Waals surface area contributed by atoms with E-state index in [0.29, 0.717) is 6.42 Å². The van der Waals surface area contributed by atoms with E-state index in [2.05, 4.69) is 30.5 Å². The molecule has 1 aromatic rings. The summed E-state index contributed by atoms with van der Waals surface area (Å²) in [6, 6.07) is 3.00. The predicted molar refractivity (Wildman–Crippen MR) is 88.6 cm³/mol. The Morgan fingerprint density at radius 3 is 2.38 bits per heavy atom. The third kappa shape index (κ3) is 5.33. The Kier molecular flexibility index (Phi) is 5.13. The molecule has 0 amide bonds. The summed E-state index contributed by atoms with van der Waals surface area (Å²) in [6.45, 7) is 9.90. The van der Waals surface area contributed by atoms with Crippen LogP contribution in [0.1, 0.15) is 46.7 Å². The first-order chi connectivity index (χ1) is 9.34.